The van der Waals surface area contributed by atoms with Gasteiger partial charge in [-0.1, -0.05) is 18.2 Å². The van der Waals surface area contributed by atoms with Crippen molar-refractivity contribution in [1.29, 1.82) is 0 Å². The monoisotopic (exact) mass is 486 g/mol. The number of nitrogens with zero attached hydrogens (tertiary/aromatic N) is 2. The molecule has 34 heavy (non-hydrogen) atoms. The normalized spacial score (nSPS) is 11.0. The van der Waals surface area contributed by atoms with Crippen LogP contribution in [0.25, 0.3) is 0 Å². The summed E-state index contributed by atoms with van der Waals surface area (Å²) in [6.07, 6.45) is 0. The summed E-state index contributed by atoms with van der Waals surface area (Å²) in [5.74, 6) is -1.79. The van der Waals surface area contributed by atoms with Gasteiger partial charge in [-0.05, 0) is 42.8 Å². The average Bonchev–Trinajstić information content (AvgIpc) is 2.79. The number of carbonyl (C=O) groups is 2. The molecule has 0 aliphatic carbocycles. The molecule has 3 aromatic rings. The van der Waals surface area contributed by atoms with Crippen LogP contribution in [0.3, 0.4) is 0 Å². The summed E-state index contributed by atoms with van der Waals surface area (Å²) in [6, 6.07) is 13.0. The molecule has 1 aromatic heterocycles. The minimum atomic E-state index is -3.98. The molecule has 0 spiro atoms. The second-order valence-electron chi connectivity index (χ2n) is 7.40. The molecule has 1 amide bonds. The van der Waals surface area contributed by atoms with Crippen molar-refractivity contribution in [1.82, 2.24) is 9.13 Å². The highest BCUT2D eigenvalue weighted by atomic mass is 32.2. The highest BCUT2D eigenvalue weighted by Gasteiger charge is 2.18. The van der Waals surface area contributed by atoms with Crippen molar-refractivity contribution in [2.75, 3.05) is 16.6 Å². The number of amides is 1. The summed E-state index contributed by atoms with van der Waals surface area (Å²) in [7, 11) is -1.32. The van der Waals surface area contributed by atoms with Crippen LogP contribution in [-0.2, 0) is 33.7 Å². The summed E-state index contributed by atoms with van der Waals surface area (Å²) >= 11 is 0. The topological polar surface area (TPSA) is 146 Å². The Bertz CT molecular complexity index is 1490. The van der Waals surface area contributed by atoms with E-state index in [0.29, 0.717) is 5.69 Å². The van der Waals surface area contributed by atoms with Crippen LogP contribution in [0.15, 0.2) is 69.1 Å². The van der Waals surface area contributed by atoms with Gasteiger partial charge >= 0.3 is 11.7 Å². The first-order valence-corrected chi connectivity index (χ1v) is 11.4. The molecule has 0 aliphatic heterocycles. The predicted octanol–water partition coefficient (Wildman–Crippen LogP) is 0.989. The Hall–Kier alpha value is -4.19. The number of carbonyl (C=O) groups excluding carboxylic acids is 2. The summed E-state index contributed by atoms with van der Waals surface area (Å²) in [5, 5.41) is 2.32. The Morgan fingerprint density at radius 1 is 0.971 bits per heavy atom. The van der Waals surface area contributed by atoms with Gasteiger partial charge in [-0.25, -0.2) is 18.0 Å². The summed E-state index contributed by atoms with van der Waals surface area (Å²) < 4.78 is 34.7. The average molecular weight is 487 g/mol. The lowest BCUT2D eigenvalue weighted by atomic mass is 10.2. The fourth-order valence-corrected chi connectivity index (χ4v) is 4.05. The predicted molar refractivity (Wildman–Crippen MR) is 124 cm³/mol. The maximum atomic E-state index is 12.7. The van der Waals surface area contributed by atoms with Crippen LogP contribution in [-0.4, -0.2) is 36.0 Å². The van der Waals surface area contributed by atoms with Crippen LogP contribution in [0.1, 0.15) is 15.9 Å². The molecule has 0 bridgehead atoms. The maximum absolute atomic E-state index is 12.7. The molecule has 11 nitrogen and oxygen atoms in total. The number of ether oxygens (including phenoxy) is 1. The molecular formula is C22H22N4O7S. The fourth-order valence-electron chi connectivity index (χ4n) is 2.96. The molecule has 2 N–H and O–H groups in total. The third kappa shape index (κ3) is 5.59. The lowest BCUT2D eigenvalue weighted by Gasteiger charge is -2.11. The van der Waals surface area contributed by atoms with Crippen molar-refractivity contribution >= 4 is 33.4 Å². The number of aromatic nitrogens is 2. The first-order valence-electron chi connectivity index (χ1n) is 9.91. The highest BCUT2D eigenvalue weighted by molar-refractivity contribution is 7.92. The SMILES string of the molecule is Cc1cccc(NS(=O)(=O)c2cccc(C(=O)OCC(=O)Nc3cc(=O)n(C)c(=O)n3C)c2)c1. The van der Waals surface area contributed by atoms with Gasteiger partial charge in [0, 0.05) is 25.8 Å². The van der Waals surface area contributed by atoms with Crippen molar-refractivity contribution < 1.29 is 22.7 Å². The van der Waals surface area contributed by atoms with E-state index in [1.54, 1.807) is 18.2 Å². The van der Waals surface area contributed by atoms with Crippen molar-refractivity contribution in [3.8, 4) is 0 Å². The van der Waals surface area contributed by atoms with Crippen molar-refractivity contribution in [3.05, 3.63) is 86.6 Å². The van der Waals surface area contributed by atoms with Crippen LogP contribution in [0.2, 0.25) is 0 Å². The van der Waals surface area contributed by atoms with E-state index in [0.717, 1.165) is 26.8 Å². The third-order valence-corrected chi connectivity index (χ3v) is 6.16. The molecule has 0 fully saturated rings. The molecule has 0 saturated heterocycles. The Balaban J connectivity index is 1.68. The number of nitrogens with one attached hydrogen (secondary N) is 2. The van der Waals surface area contributed by atoms with E-state index in [-0.39, 0.29) is 16.3 Å². The van der Waals surface area contributed by atoms with E-state index in [1.165, 1.54) is 32.3 Å². The van der Waals surface area contributed by atoms with Crippen LogP contribution in [0.4, 0.5) is 11.5 Å². The van der Waals surface area contributed by atoms with Gasteiger partial charge in [0.25, 0.3) is 21.5 Å². The van der Waals surface area contributed by atoms with Crippen molar-refractivity contribution in [3.63, 3.8) is 0 Å². The number of sulfonamides is 1. The molecule has 2 aromatic carbocycles. The Labute approximate surface area is 194 Å². The van der Waals surface area contributed by atoms with Gasteiger partial charge in [0.05, 0.1) is 10.5 Å². The highest BCUT2D eigenvalue weighted by Crippen LogP contribution is 2.18. The minimum Gasteiger partial charge on any atom is -0.452 e. The van der Waals surface area contributed by atoms with Gasteiger partial charge in [-0.2, -0.15) is 0 Å². The van der Waals surface area contributed by atoms with Crippen LogP contribution in [0.5, 0.6) is 0 Å². The zero-order valence-electron chi connectivity index (χ0n) is 18.6. The van der Waals surface area contributed by atoms with Gasteiger partial charge in [0.1, 0.15) is 5.82 Å². The van der Waals surface area contributed by atoms with Crippen molar-refractivity contribution in [2.24, 2.45) is 14.1 Å². The zero-order chi connectivity index (χ0) is 25.0. The number of rotatable bonds is 7. The first-order chi connectivity index (χ1) is 16.0. The standard InChI is InChI=1S/C22H22N4O7S/c1-14-6-4-8-16(10-14)24-34(31,32)17-9-5-7-15(11-17)21(29)33-13-19(27)23-18-12-20(28)26(3)22(30)25(18)2/h4-12,24H,13H2,1-3H3,(H,23,27). The quantitative estimate of drug-likeness (QED) is 0.474. The zero-order valence-corrected chi connectivity index (χ0v) is 19.4. The Kier molecular flexibility index (Phi) is 7.01. The maximum Gasteiger partial charge on any atom is 0.338 e. The Morgan fingerprint density at radius 3 is 2.38 bits per heavy atom. The minimum absolute atomic E-state index is 0.0653. The molecule has 0 unspecified atom stereocenters. The fraction of sp³-hybridized carbons (Fsp3) is 0.182. The lowest BCUT2D eigenvalue weighted by molar-refractivity contribution is -0.119. The van der Waals surface area contributed by atoms with E-state index in [9.17, 15) is 27.6 Å². The number of aryl methyl sites for hydroxylation is 1. The molecule has 1 heterocycles. The molecule has 0 atom stereocenters. The number of hydrogen-bond acceptors (Lipinski definition) is 7. The molecule has 0 saturated carbocycles. The summed E-state index contributed by atoms with van der Waals surface area (Å²) in [4.78, 5) is 48.0. The van der Waals surface area contributed by atoms with E-state index in [4.69, 9.17) is 4.74 Å². The second-order valence-corrected chi connectivity index (χ2v) is 9.08. The molecule has 12 heteroatoms. The van der Waals surface area contributed by atoms with Gasteiger partial charge in [0.15, 0.2) is 6.61 Å². The summed E-state index contributed by atoms with van der Waals surface area (Å²) in [6.45, 7) is 1.10. The number of benzene rings is 2. The second kappa shape index (κ2) is 9.75. The van der Waals surface area contributed by atoms with Gasteiger partial charge < -0.3 is 10.1 Å². The van der Waals surface area contributed by atoms with E-state index >= 15 is 0 Å². The molecule has 0 aliphatic rings. The smallest absolute Gasteiger partial charge is 0.338 e. The van der Waals surface area contributed by atoms with Crippen LogP contribution < -0.4 is 21.3 Å². The van der Waals surface area contributed by atoms with Crippen LogP contribution in [0, 0.1) is 6.92 Å². The van der Waals surface area contributed by atoms with E-state index < -0.39 is 39.8 Å². The number of esters is 1. The first kappa shape index (κ1) is 24.5. The molecule has 3 rings (SSSR count). The number of hydrogen-bond donors (Lipinski definition) is 2. The molecule has 178 valence electrons. The van der Waals surface area contributed by atoms with Crippen molar-refractivity contribution in [2.45, 2.75) is 11.8 Å². The van der Waals surface area contributed by atoms with Gasteiger partial charge in [-0.15, -0.1) is 0 Å². The molecular weight excluding hydrogens is 464 g/mol. The third-order valence-electron chi connectivity index (χ3n) is 4.78. The lowest BCUT2D eigenvalue weighted by Crippen LogP contribution is -2.38. The molecule has 0 radical (unpaired) electrons. The number of anilines is 2. The Morgan fingerprint density at radius 2 is 1.68 bits per heavy atom. The van der Waals surface area contributed by atoms with Crippen LogP contribution >= 0.6 is 0 Å². The largest absolute Gasteiger partial charge is 0.452 e. The van der Waals surface area contributed by atoms with Gasteiger partial charge in [0.2, 0.25) is 0 Å². The van der Waals surface area contributed by atoms with Gasteiger partial charge in [-0.3, -0.25) is 23.4 Å². The van der Waals surface area contributed by atoms with E-state index in [1.807, 2.05) is 13.0 Å². The van der Waals surface area contributed by atoms with E-state index in [2.05, 4.69) is 10.0 Å². The summed E-state index contributed by atoms with van der Waals surface area (Å²) in [5.41, 5.74) is -0.104.